The number of ether oxygens (including phenoxy) is 1. The van der Waals surface area contributed by atoms with Crippen LogP contribution >= 0.6 is 19.4 Å². The van der Waals surface area contributed by atoms with Crippen LogP contribution in [0.2, 0.25) is 5.02 Å². The van der Waals surface area contributed by atoms with Gasteiger partial charge in [-0.05, 0) is 67.1 Å². The molecule has 0 saturated carbocycles. The summed E-state index contributed by atoms with van der Waals surface area (Å²) in [7, 11) is -4.87. The van der Waals surface area contributed by atoms with Gasteiger partial charge in [-0.25, -0.2) is 4.57 Å². The van der Waals surface area contributed by atoms with E-state index in [1.165, 1.54) is 6.07 Å². The second kappa shape index (κ2) is 12.3. The van der Waals surface area contributed by atoms with E-state index in [2.05, 4.69) is 4.52 Å². The van der Waals surface area contributed by atoms with Gasteiger partial charge in [0.1, 0.15) is 5.75 Å². The molecule has 0 aromatic heterocycles. The number of benzene rings is 2. The van der Waals surface area contributed by atoms with Crippen LogP contribution < -0.4 is 10.5 Å². The summed E-state index contributed by atoms with van der Waals surface area (Å²) in [4.78, 5) is 17.6. The first-order valence-electron chi connectivity index (χ1n) is 10.7. The number of phosphoric ester groups is 1. The maximum Gasteiger partial charge on any atom is 0.469 e. The standard InChI is InChI=1S/C22H25ClF6NO6P/c23-18-5-4-16(21(24,25)26)11-15(18)2-1-9-35-19-6-3-14(10-17(19)22(27,28)29)7-8-20(30,12-31)13-36-37(32,33)34/h3-6,10-11,31H,1-2,7-9,12-13,30H2,(H2,32,33,34). The van der Waals surface area contributed by atoms with Crippen molar-refractivity contribution in [2.24, 2.45) is 5.73 Å². The van der Waals surface area contributed by atoms with Crippen LogP contribution in [0.15, 0.2) is 36.4 Å². The fraction of sp³-hybridized carbons (Fsp3) is 0.455. The summed E-state index contributed by atoms with van der Waals surface area (Å²) in [6.45, 7) is -1.70. The van der Waals surface area contributed by atoms with E-state index in [-0.39, 0.29) is 48.4 Å². The first kappa shape index (κ1) is 31.4. The lowest BCUT2D eigenvalue weighted by atomic mass is 9.93. The zero-order valence-corrected chi connectivity index (χ0v) is 20.8. The molecule has 0 aliphatic heterocycles. The van der Waals surface area contributed by atoms with Crippen molar-refractivity contribution in [3.63, 3.8) is 0 Å². The molecule has 7 nitrogen and oxygen atoms in total. The molecule has 15 heteroatoms. The SMILES string of the molecule is NC(CO)(CCc1ccc(OCCCc2cc(C(F)(F)F)ccc2Cl)c(C(F)(F)F)c1)COP(=O)(O)O. The molecule has 37 heavy (non-hydrogen) atoms. The van der Waals surface area contributed by atoms with Gasteiger partial charge in [-0.1, -0.05) is 17.7 Å². The first-order chi connectivity index (χ1) is 16.9. The highest BCUT2D eigenvalue weighted by atomic mass is 35.5. The number of phosphoric acid groups is 1. The van der Waals surface area contributed by atoms with E-state index >= 15 is 0 Å². The summed E-state index contributed by atoms with van der Waals surface area (Å²) in [6, 6.07) is 6.05. The topological polar surface area (TPSA) is 122 Å². The third-order valence-electron chi connectivity index (χ3n) is 5.32. The molecule has 0 aliphatic carbocycles. The number of hydrogen-bond acceptors (Lipinski definition) is 5. The lowest BCUT2D eigenvalue weighted by Gasteiger charge is -2.27. The normalized spacial score (nSPS) is 14.5. The van der Waals surface area contributed by atoms with E-state index in [0.29, 0.717) is 0 Å². The molecule has 0 bridgehead atoms. The smallest absolute Gasteiger partial charge is 0.469 e. The Morgan fingerprint density at radius 3 is 2.22 bits per heavy atom. The van der Waals surface area contributed by atoms with Crippen molar-refractivity contribution in [3.05, 3.63) is 63.7 Å². The van der Waals surface area contributed by atoms with Crippen LogP contribution in [-0.2, 0) is 34.3 Å². The molecule has 0 saturated heterocycles. The fourth-order valence-electron chi connectivity index (χ4n) is 3.27. The van der Waals surface area contributed by atoms with Gasteiger partial charge in [0, 0.05) is 5.02 Å². The molecule has 2 rings (SSSR count). The highest BCUT2D eigenvalue weighted by molar-refractivity contribution is 7.46. The summed E-state index contributed by atoms with van der Waals surface area (Å²) in [5.74, 6) is -0.489. The van der Waals surface area contributed by atoms with Gasteiger partial charge in [-0.15, -0.1) is 0 Å². The van der Waals surface area contributed by atoms with Gasteiger partial charge >= 0.3 is 20.2 Å². The largest absolute Gasteiger partial charge is 0.493 e. The summed E-state index contributed by atoms with van der Waals surface area (Å²) >= 11 is 5.93. The number of alkyl halides is 6. The lowest BCUT2D eigenvalue weighted by Crippen LogP contribution is -2.48. The summed E-state index contributed by atoms with van der Waals surface area (Å²) < 4.78 is 100.0. The molecule has 0 spiro atoms. The van der Waals surface area contributed by atoms with Gasteiger partial charge in [0.05, 0.1) is 36.5 Å². The minimum atomic E-state index is -4.87. The van der Waals surface area contributed by atoms with Crippen LogP contribution in [0, 0.1) is 0 Å². The van der Waals surface area contributed by atoms with Gasteiger partial charge in [-0.3, -0.25) is 4.52 Å². The van der Waals surface area contributed by atoms with Gasteiger partial charge in [0.15, 0.2) is 0 Å². The van der Waals surface area contributed by atoms with Crippen molar-refractivity contribution < 1.29 is 55.1 Å². The first-order valence-corrected chi connectivity index (χ1v) is 12.6. The zero-order chi connectivity index (χ0) is 28.1. The fourth-order valence-corrected chi connectivity index (χ4v) is 3.91. The van der Waals surface area contributed by atoms with Crippen molar-refractivity contribution in [1.82, 2.24) is 0 Å². The molecule has 0 fully saturated rings. The second-order valence-corrected chi connectivity index (χ2v) is 10.0. The van der Waals surface area contributed by atoms with E-state index < -0.39 is 55.8 Å². The van der Waals surface area contributed by atoms with Crippen molar-refractivity contribution in [2.45, 2.75) is 43.6 Å². The van der Waals surface area contributed by atoms with Crippen molar-refractivity contribution in [1.29, 1.82) is 0 Å². The van der Waals surface area contributed by atoms with Crippen LogP contribution in [0.4, 0.5) is 26.3 Å². The van der Waals surface area contributed by atoms with Crippen molar-refractivity contribution >= 4 is 19.4 Å². The van der Waals surface area contributed by atoms with Gasteiger partial charge in [0.25, 0.3) is 0 Å². The minimum absolute atomic E-state index is 0.0403. The van der Waals surface area contributed by atoms with Crippen molar-refractivity contribution in [2.75, 3.05) is 19.8 Å². The molecule has 5 N–H and O–H groups in total. The molecular weight excluding hydrogens is 555 g/mol. The van der Waals surface area contributed by atoms with E-state index in [1.807, 2.05) is 0 Å². The Hall–Kier alpha value is -1.86. The molecule has 208 valence electrons. The number of aryl methyl sites for hydroxylation is 2. The Bertz CT molecular complexity index is 1110. The van der Waals surface area contributed by atoms with Crippen molar-refractivity contribution in [3.8, 4) is 5.75 Å². The molecule has 1 unspecified atom stereocenters. The van der Waals surface area contributed by atoms with Gasteiger partial charge < -0.3 is 25.4 Å². The maximum atomic E-state index is 13.6. The van der Waals surface area contributed by atoms with Crippen LogP contribution in [0.25, 0.3) is 0 Å². The van der Waals surface area contributed by atoms with Gasteiger partial charge in [0.2, 0.25) is 0 Å². The minimum Gasteiger partial charge on any atom is -0.493 e. The molecule has 0 heterocycles. The third kappa shape index (κ3) is 10.1. The number of halogens is 7. The van der Waals surface area contributed by atoms with E-state index in [0.717, 1.165) is 30.3 Å². The molecular formula is C22H25ClF6NO6P. The second-order valence-electron chi connectivity index (χ2n) is 8.37. The molecule has 2 aromatic carbocycles. The molecule has 2 aromatic rings. The summed E-state index contributed by atoms with van der Waals surface area (Å²) in [5, 5.41) is 9.54. The molecule has 0 radical (unpaired) electrons. The molecule has 1 atom stereocenters. The Morgan fingerprint density at radius 2 is 1.65 bits per heavy atom. The highest BCUT2D eigenvalue weighted by Crippen LogP contribution is 2.39. The van der Waals surface area contributed by atoms with E-state index in [1.54, 1.807) is 0 Å². The maximum absolute atomic E-state index is 13.6. The number of hydrogen-bond donors (Lipinski definition) is 4. The number of aliphatic hydroxyl groups is 1. The van der Waals surface area contributed by atoms with E-state index in [9.17, 15) is 36.0 Å². The number of aliphatic hydroxyl groups excluding tert-OH is 1. The molecule has 0 aliphatic rings. The predicted molar refractivity (Wildman–Crippen MR) is 122 cm³/mol. The van der Waals surface area contributed by atoms with Crippen LogP contribution in [0.1, 0.15) is 35.1 Å². The average Bonchev–Trinajstić information content (AvgIpc) is 2.78. The highest BCUT2D eigenvalue weighted by Gasteiger charge is 2.35. The van der Waals surface area contributed by atoms with Crippen LogP contribution in [-0.4, -0.2) is 40.3 Å². The number of rotatable bonds is 12. The third-order valence-corrected chi connectivity index (χ3v) is 6.15. The van der Waals surface area contributed by atoms with Gasteiger partial charge in [-0.2, -0.15) is 26.3 Å². The Balaban J connectivity index is 2.06. The predicted octanol–water partition coefficient (Wildman–Crippen LogP) is 5.12. The van der Waals surface area contributed by atoms with E-state index in [4.69, 9.17) is 31.9 Å². The van der Waals surface area contributed by atoms with Crippen LogP contribution in [0.3, 0.4) is 0 Å². The Kier molecular flexibility index (Phi) is 10.5. The average molecular weight is 580 g/mol. The zero-order valence-electron chi connectivity index (χ0n) is 19.2. The monoisotopic (exact) mass is 579 g/mol. The molecule has 0 amide bonds. The summed E-state index contributed by atoms with van der Waals surface area (Å²) in [6.07, 6.45) is -9.47. The van der Waals surface area contributed by atoms with Crippen LogP contribution in [0.5, 0.6) is 5.75 Å². The summed E-state index contributed by atoms with van der Waals surface area (Å²) in [5.41, 5.74) is 2.59. The lowest BCUT2D eigenvalue weighted by molar-refractivity contribution is -0.139. The quantitative estimate of drug-likeness (QED) is 0.156. The Labute approximate surface area is 213 Å². The Morgan fingerprint density at radius 1 is 0.973 bits per heavy atom. The number of nitrogens with two attached hydrogens (primary N) is 1.